The number of rotatable bonds is 11. The number of para-hydroxylation sites is 2. The molecule has 2 nitrogen and oxygen atoms in total. The molecule has 0 aliphatic heterocycles. The summed E-state index contributed by atoms with van der Waals surface area (Å²) in [6, 6.07) is 111. The molecular weight excluding hydrogens is 929 g/mol. The van der Waals surface area contributed by atoms with E-state index < -0.39 is 0 Å². The summed E-state index contributed by atoms with van der Waals surface area (Å²) in [7, 11) is 0. The first-order chi connectivity index (χ1) is 38.0. The lowest BCUT2D eigenvalue weighted by Gasteiger charge is -2.26. The number of fused-ring (bicyclic) bond motifs is 3. The van der Waals surface area contributed by atoms with Crippen LogP contribution in [0.15, 0.2) is 316 Å². The van der Waals surface area contributed by atoms with Gasteiger partial charge in [-0.25, -0.2) is 0 Å². The van der Waals surface area contributed by atoms with Crippen molar-refractivity contribution in [1.82, 2.24) is 4.57 Å². The number of hydrogen-bond donors (Lipinski definition) is 0. The minimum Gasteiger partial charge on any atom is -0.311 e. The van der Waals surface area contributed by atoms with Crippen LogP contribution in [0.25, 0.3) is 99.8 Å². The molecule has 77 heavy (non-hydrogen) atoms. The number of benzene rings is 12. The zero-order chi connectivity index (χ0) is 51.9. The molecule has 0 N–H and O–H groups in total. The van der Waals surface area contributed by atoms with E-state index >= 15 is 0 Å². The second kappa shape index (κ2) is 21.8. The summed E-state index contributed by atoms with van der Waals surface area (Å²) in [6.45, 7) is 5.83. The van der Waals surface area contributed by atoms with E-state index in [2.05, 4.69) is 307 Å². The van der Waals surface area contributed by atoms with Gasteiger partial charge in [0.15, 0.2) is 0 Å². The van der Waals surface area contributed by atoms with Crippen molar-refractivity contribution in [3.05, 3.63) is 322 Å². The minimum atomic E-state index is 1.11. The highest BCUT2D eigenvalue weighted by Crippen LogP contribution is 2.39. The Morgan fingerprint density at radius 3 is 1.06 bits per heavy atom. The Balaban J connectivity index is 0.000000603. The Labute approximate surface area is 452 Å². The van der Waals surface area contributed by atoms with Crippen molar-refractivity contribution < 1.29 is 0 Å². The molecule has 0 saturated carbocycles. The molecule has 0 bridgehead atoms. The van der Waals surface area contributed by atoms with Gasteiger partial charge in [-0.05, 0) is 146 Å². The Morgan fingerprint density at radius 1 is 0.273 bits per heavy atom. The van der Waals surface area contributed by atoms with E-state index in [4.69, 9.17) is 0 Å². The molecule has 13 rings (SSSR count). The highest BCUT2D eigenvalue weighted by Gasteiger charge is 2.16. The first-order valence-electron chi connectivity index (χ1n) is 26.3. The van der Waals surface area contributed by atoms with E-state index in [-0.39, 0.29) is 0 Å². The maximum Gasteiger partial charge on any atom is 0.0541 e. The van der Waals surface area contributed by atoms with Crippen LogP contribution in [-0.4, -0.2) is 4.57 Å². The molecule has 0 radical (unpaired) electrons. The van der Waals surface area contributed by atoms with Crippen LogP contribution in [0.1, 0.15) is 12.5 Å². The van der Waals surface area contributed by atoms with Crippen LogP contribution in [0.5, 0.6) is 0 Å². The van der Waals surface area contributed by atoms with Crippen LogP contribution in [0.3, 0.4) is 0 Å². The Bertz CT molecular complexity index is 4090. The quantitative estimate of drug-likeness (QED) is 0.125. The van der Waals surface area contributed by atoms with Crippen molar-refractivity contribution in [3.8, 4) is 72.4 Å². The van der Waals surface area contributed by atoms with Crippen LogP contribution < -0.4 is 4.90 Å². The number of allylic oxidation sites excluding steroid dienone is 1. The van der Waals surface area contributed by atoms with Crippen molar-refractivity contribution in [3.63, 3.8) is 0 Å². The highest BCUT2D eigenvalue weighted by atomic mass is 15.1. The molecule has 366 valence electrons. The molecule has 1 heterocycles. The first-order valence-corrected chi connectivity index (χ1v) is 26.3. The van der Waals surface area contributed by atoms with Crippen molar-refractivity contribution >= 4 is 44.4 Å². The van der Waals surface area contributed by atoms with Gasteiger partial charge in [0.25, 0.3) is 0 Å². The summed E-state index contributed by atoms with van der Waals surface area (Å²) < 4.78 is 2.40. The molecule has 2 heteroatoms. The zero-order valence-electron chi connectivity index (χ0n) is 43.0. The maximum atomic E-state index is 3.83. The maximum absolute atomic E-state index is 3.83. The first kappa shape index (κ1) is 48.0. The molecular formula is C75H56N2. The van der Waals surface area contributed by atoms with E-state index in [9.17, 15) is 0 Å². The molecule has 0 saturated heterocycles. The standard InChI is InChI=1S/C66H46N2.C9H10/c1-4-13-47(14-5-1)54-35-40-60(41-36-54)67(59-18-8-3-9-19-59)61-42-37-55(38-43-61)53-29-27-50(28-30-53)49-23-25-51(26-24-49)52-31-33-56(34-32-52)58-39-44-66-64(46-58)63-21-10-11-22-65(63)68(66)62-20-12-17-57(45-62)48-15-6-2-7-16-48;1-8(2)9-6-4-3-5-7-9/h1-46H;3-7H,1H2,2H3. The third-order valence-electron chi connectivity index (χ3n) is 14.5. The van der Waals surface area contributed by atoms with Gasteiger partial charge >= 0.3 is 0 Å². The van der Waals surface area contributed by atoms with Gasteiger partial charge in [-0.3, -0.25) is 0 Å². The van der Waals surface area contributed by atoms with Crippen LogP contribution in [-0.2, 0) is 0 Å². The summed E-state index contributed by atoms with van der Waals surface area (Å²) in [4.78, 5) is 2.31. The molecule has 0 aliphatic carbocycles. The van der Waals surface area contributed by atoms with Gasteiger partial charge < -0.3 is 9.47 Å². The van der Waals surface area contributed by atoms with Gasteiger partial charge in [-0.2, -0.15) is 0 Å². The van der Waals surface area contributed by atoms with Gasteiger partial charge in [0.05, 0.1) is 11.0 Å². The summed E-state index contributed by atoms with van der Waals surface area (Å²) in [5, 5.41) is 2.50. The van der Waals surface area contributed by atoms with Gasteiger partial charge in [0.1, 0.15) is 0 Å². The summed E-state index contributed by atoms with van der Waals surface area (Å²) in [6.07, 6.45) is 0. The summed E-state index contributed by atoms with van der Waals surface area (Å²) in [5.41, 5.74) is 23.7. The van der Waals surface area contributed by atoms with Crippen molar-refractivity contribution in [2.24, 2.45) is 0 Å². The predicted octanol–water partition coefficient (Wildman–Crippen LogP) is 21.0. The third-order valence-corrected chi connectivity index (χ3v) is 14.5. The van der Waals surface area contributed by atoms with E-state index in [1.807, 2.05) is 25.1 Å². The molecule has 1 aromatic heterocycles. The number of aromatic nitrogens is 1. The summed E-state index contributed by atoms with van der Waals surface area (Å²) in [5.74, 6) is 0. The van der Waals surface area contributed by atoms with Crippen LogP contribution >= 0.6 is 0 Å². The number of nitrogens with zero attached hydrogens (tertiary/aromatic N) is 2. The Morgan fingerprint density at radius 2 is 0.597 bits per heavy atom. The lowest BCUT2D eigenvalue weighted by atomic mass is 9.96. The SMILES string of the molecule is C=C(C)c1ccccc1.c1ccc(-c2ccc(N(c3ccccc3)c3ccc(-c4ccc(-c5ccc(-c6ccc(-c7ccc8c(c7)c7ccccc7n8-c7cccc(-c8ccccc8)c7)cc6)cc5)cc4)cc3)cc2)cc1. The third kappa shape index (κ3) is 10.3. The number of anilines is 3. The normalized spacial score (nSPS) is 11.0. The second-order valence-corrected chi connectivity index (χ2v) is 19.5. The largest absolute Gasteiger partial charge is 0.311 e. The van der Waals surface area contributed by atoms with Crippen molar-refractivity contribution in [1.29, 1.82) is 0 Å². The van der Waals surface area contributed by atoms with Gasteiger partial charge in [-0.15, -0.1) is 0 Å². The molecule has 0 spiro atoms. The fourth-order valence-electron chi connectivity index (χ4n) is 10.4. The van der Waals surface area contributed by atoms with Crippen LogP contribution in [0, 0.1) is 0 Å². The highest BCUT2D eigenvalue weighted by molar-refractivity contribution is 6.10. The van der Waals surface area contributed by atoms with Crippen molar-refractivity contribution in [2.45, 2.75) is 6.92 Å². The Hall–Kier alpha value is -10.0. The molecule has 0 fully saturated rings. The van der Waals surface area contributed by atoms with Gasteiger partial charge in [-0.1, -0.05) is 255 Å². The van der Waals surface area contributed by atoms with E-state index in [0.717, 1.165) is 28.3 Å². The minimum absolute atomic E-state index is 1.11. The molecule has 0 atom stereocenters. The molecule has 0 unspecified atom stereocenters. The average molecular weight is 985 g/mol. The molecule has 0 amide bonds. The molecule has 0 aliphatic rings. The topological polar surface area (TPSA) is 8.17 Å². The van der Waals surface area contributed by atoms with E-state index in [1.54, 1.807) is 0 Å². The lowest BCUT2D eigenvalue weighted by molar-refractivity contribution is 1.18. The molecule has 12 aromatic carbocycles. The number of hydrogen-bond acceptors (Lipinski definition) is 1. The van der Waals surface area contributed by atoms with Gasteiger partial charge in [0.2, 0.25) is 0 Å². The van der Waals surface area contributed by atoms with Crippen LogP contribution in [0.2, 0.25) is 0 Å². The summed E-state index contributed by atoms with van der Waals surface area (Å²) >= 11 is 0. The predicted molar refractivity (Wildman–Crippen MR) is 329 cm³/mol. The van der Waals surface area contributed by atoms with E-state index in [0.29, 0.717) is 0 Å². The van der Waals surface area contributed by atoms with Crippen LogP contribution in [0.4, 0.5) is 17.1 Å². The Kier molecular flexibility index (Phi) is 13.6. The smallest absolute Gasteiger partial charge is 0.0541 e. The fraction of sp³-hybridized carbons (Fsp3) is 0.0133. The van der Waals surface area contributed by atoms with Gasteiger partial charge in [0, 0.05) is 33.5 Å². The second-order valence-electron chi connectivity index (χ2n) is 19.5. The lowest BCUT2D eigenvalue weighted by Crippen LogP contribution is -2.09. The molecule has 13 aromatic rings. The average Bonchev–Trinajstić information content (AvgIpc) is 4.04. The zero-order valence-corrected chi connectivity index (χ0v) is 43.0. The van der Waals surface area contributed by atoms with Crippen molar-refractivity contribution in [2.75, 3.05) is 4.90 Å². The van der Waals surface area contributed by atoms with E-state index in [1.165, 1.54) is 94.1 Å². The monoisotopic (exact) mass is 984 g/mol. The fourth-order valence-corrected chi connectivity index (χ4v) is 10.4.